The van der Waals surface area contributed by atoms with Gasteiger partial charge in [-0.05, 0) is 30.5 Å². The van der Waals surface area contributed by atoms with Gasteiger partial charge in [0, 0.05) is 30.3 Å². The van der Waals surface area contributed by atoms with Crippen LogP contribution in [0, 0.1) is 0 Å². The SMILES string of the molecule is c1ccc(-n2cc(CNCC3(c4ccccc4)CC3)cn2)cc1. The molecule has 2 aromatic carbocycles. The Morgan fingerprint density at radius 2 is 1.65 bits per heavy atom. The van der Waals surface area contributed by atoms with Crippen molar-refractivity contribution in [3.05, 3.63) is 84.2 Å². The van der Waals surface area contributed by atoms with Gasteiger partial charge in [0.15, 0.2) is 0 Å². The summed E-state index contributed by atoms with van der Waals surface area (Å²) in [5, 5.41) is 8.07. The Bertz CT molecular complexity index is 758. The predicted molar refractivity (Wildman–Crippen MR) is 92.6 cm³/mol. The first kappa shape index (κ1) is 14.2. The molecule has 116 valence electrons. The molecule has 0 bridgehead atoms. The number of hydrogen-bond acceptors (Lipinski definition) is 2. The molecule has 0 amide bonds. The molecule has 1 fully saturated rings. The fraction of sp³-hybridized carbons (Fsp3) is 0.250. The van der Waals surface area contributed by atoms with E-state index in [1.807, 2.05) is 29.1 Å². The van der Waals surface area contributed by atoms with Crippen molar-refractivity contribution in [3.8, 4) is 5.69 Å². The highest BCUT2D eigenvalue weighted by atomic mass is 15.3. The van der Waals surface area contributed by atoms with Gasteiger partial charge in [0.2, 0.25) is 0 Å². The Kier molecular flexibility index (Phi) is 3.72. The van der Waals surface area contributed by atoms with Crippen molar-refractivity contribution in [2.45, 2.75) is 24.8 Å². The van der Waals surface area contributed by atoms with Gasteiger partial charge >= 0.3 is 0 Å². The Labute approximate surface area is 137 Å². The molecule has 1 saturated carbocycles. The van der Waals surface area contributed by atoms with Gasteiger partial charge in [-0.3, -0.25) is 0 Å². The Hall–Kier alpha value is -2.39. The van der Waals surface area contributed by atoms with E-state index in [4.69, 9.17) is 0 Å². The Balaban J connectivity index is 1.37. The van der Waals surface area contributed by atoms with Crippen molar-refractivity contribution in [2.75, 3.05) is 6.54 Å². The molecule has 1 aromatic heterocycles. The van der Waals surface area contributed by atoms with Gasteiger partial charge in [0.25, 0.3) is 0 Å². The summed E-state index contributed by atoms with van der Waals surface area (Å²) in [4.78, 5) is 0. The van der Waals surface area contributed by atoms with Crippen molar-refractivity contribution < 1.29 is 0 Å². The van der Waals surface area contributed by atoms with Crippen molar-refractivity contribution in [1.82, 2.24) is 15.1 Å². The number of aromatic nitrogens is 2. The third-order valence-corrected chi connectivity index (χ3v) is 4.69. The third-order valence-electron chi connectivity index (χ3n) is 4.69. The summed E-state index contributed by atoms with van der Waals surface area (Å²) in [6.07, 6.45) is 6.62. The van der Waals surface area contributed by atoms with Crippen LogP contribution >= 0.6 is 0 Å². The number of hydrogen-bond donors (Lipinski definition) is 1. The summed E-state index contributed by atoms with van der Waals surface area (Å²) in [5.74, 6) is 0. The van der Waals surface area contributed by atoms with Crippen LogP contribution in [0.2, 0.25) is 0 Å². The van der Waals surface area contributed by atoms with E-state index in [1.54, 1.807) is 0 Å². The summed E-state index contributed by atoms with van der Waals surface area (Å²) < 4.78 is 1.93. The summed E-state index contributed by atoms with van der Waals surface area (Å²) in [6, 6.07) is 21.1. The minimum atomic E-state index is 0.358. The van der Waals surface area contributed by atoms with E-state index >= 15 is 0 Å². The highest BCUT2D eigenvalue weighted by Crippen LogP contribution is 2.47. The number of para-hydroxylation sites is 1. The van der Waals surface area contributed by atoms with Crippen molar-refractivity contribution in [1.29, 1.82) is 0 Å². The van der Waals surface area contributed by atoms with Crippen LogP contribution in [0.4, 0.5) is 0 Å². The van der Waals surface area contributed by atoms with Crippen LogP contribution < -0.4 is 5.32 Å². The Morgan fingerprint density at radius 1 is 0.957 bits per heavy atom. The molecule has 4 rings (SSSR count). The van der Waals surface area contributed by atoms with E-state index in [1.165, 1.54) is 24.0 Å². The first-order chi connectivity index (χ1) is 11.4. The van der Waals surface area contributed by atoms with E-state index < -0.39 is 0 Å². The first-order valence-corrected chi connectivity index (χ1v) is 8.21. The maximum Gasteiger partial charge on any atom is 0.0645 e. The first-order valence-electron chi connectivity index (χ1n) is 8.21. The van der Waals surface area contributed by atoms with Crippen LogP contribution in [0.5, 0.6) is 0 Å². The van der Waals surface area contributed by atoms with Gasteiger partial charge in [0.1, 0.15) is 0 Å². The standard InChI is InChI=1S/C20H21N3/c1-3-7-18(8-4-1)20(11-12-20)16-21-13-17-14-22-23(15-17)19-9-5-2-6-10-19/h1-10,14-15,21H,11-13,16H2. The predicted octanol–water partition coefficient (Wildman–Crippen LogP) is 3.69. The van der Waals surface area contributed by atoms with Gasteiger partial charge in [0.05, 0.1) is 11.9 Å². The smallest absolute Gasteiger partial charge is 0.0645 e. The minimum Gasteiger partial charge on any atom is -0.312 e. The minimum absolute atomic E-state index is 0.358. The van der Waals surface area contributed by atoms with Gasteiger partial charge in [-0.15, -0.1) is 0 Å². The number of nitrogens with one attached hydrogen (secondary N) is 1. The molecule has 0 atom stereocenters. The highest BCUT2D eigenvalue weighted by Gasteiger charge is 2.43. The molecule has 0 saturated heterocycles. The topological polar surface area (TPSA) is 29.9 Å². The third kappa shape index (κ3) is 3.06. The van der Waals surface area contributed by atoms with Crippen LogP contribution in [0.3, 0.4) is 0 Å². The average molecular weight is 303 g/mol. The second-order valence-corrected chi connectivity index (χ2v) is 6.38. The second-order valence-electron chi connectivity index (χ2n) is 6.38. The van der Waals surface area contributed by atoms with Crippen LogP contribution in [-0.4, -0.2) is 16.3 Å². The van der Waals surface area contributed by atoms with Gasteiger partial charge in [-0.25, -0.2) is 4.68 Å². The molecule has 0 spiro atoms. The van der Waals surface area contributed by atoms with Gasteiger partial charge in [-0.1, -0.05) is 48.5 Å². The monoisotopic (exact) mass is 303 g/mol. The zero-order valence-electron chi connectivity index (χ0n) is 13.2. The van der Waals surface area contributed by atoms with Crippen LogP contribution in [-0.2, 0) is 12.0 Å². The van der Waals surface area contributed by atoms with E-state index in [2.05, 4.69) is 59.1 Å². The molecule has 23 heavy (non-hydrogen) atoms. The molecule has 3 nitrogen and oxygen atoms in total. The fourth-order valence-electron chi connectivity index (χ4n) is 3.13. The van der Waals surface area contributed by atoms with Crippen LogP contribution in [0.25, 0.3) is 5.69 Å². The molecule has 1 heterocycles. The summed E-state index contributed by atoms with van der Waals surface area (Å²) >= 11 is 0. The lowest BCUT2D eigenvalue weighted by molar-refractivity contribution is 0.574. The van der Waals surface area contributed by atoms with Crippen molar-refractivity contribution in [3.63, 3.8) is 0 Å². The van der Waals surface area contributed by atoms with E-state index in [0.717, 1.165) is 18.8 Å². The molecule has 1 aliphatic rings. The summed E-state index contributed by atoms with van der Waals surface area (Å²) in [6.45, 7) is 1.90. The lowest BCUT2D eigenvalue weighted by Crippen LogP contribution is -2.26. The molecule has 3 aromatic rings. The normalized spacial score (nSPS) is 15.5. The van der Waals surface area contributed by atoms with Gasteiger partial charge < -0.3 is 5.32 Å². The highest BCUT2D eigenvalue weighted by molar-refractivity contribution is 5.32. The van der Waals surface area contributed by atoms with Gasteiger partial charge in [-0.2, -0.15) is 5.10 Å². The molecule has 1 N–H and O–H groups in total. The second kappa shape index (κ2) is 6.01. The molecule has 3 heteroatoms. The van der Waals surface area contributed by atoms with Crippen LogP contribution in [0.1, 0.15) is 24.0 Å². The van der Waals surface area contributed by atoms with Crippen molar-refractivity contribution >= 4 is 0 Å². The Morgan fingerprint density at radius 3 is 2.35 bits per heavy atom. The largest absolute Gasteiger partial charge is 0.312 e. The maximum absolute atomic E-state index is 4.45. The van der Waals surface area contributed by atoms with E-state index in [-0.39, 0.29) is 0 Å². The van der Waals surface area contributed by atoms with E-state index in [9.17, 15) is 0 Å². The fourth-order valence-corrected chi connectivity index (χ4v) is 3.13. The summed E-state index contributed by atoms with van der Waals surface area (Å²) in [7, 11) is 0. The molecular formula is C20H21N3. The quantitative estimate of drug-likeness (QED) is 0.752. The molecule has 0 radical (unpaired) electrons. The molecule has 0 unspecified atom stereocenters. The lowest BCUT2D eigenvalue weighted by Gasteiger charge is -2.16. The van der Waals surface area contributed by atoms with Crippen LogP contribution in [0.15, 0.2) is 73.1 Å². The molecule has 1 aliphatic carbocycles. The lowest BCUT2D eigenvalue weighted by atomic mass is 9.96. The summed E-state index contributed by atoms with van der Waals surface area (Å²) in [5.41, 5.74) is 4.14. The number of rotatable bonds is 6. The van der Waals surface area contributed by atoms with Crippen molar-refractivity contribution in [2.24, 2.45) is 0 Å². The average Bonchev–Trinajstić information content (AvgIpc) is 3.26. The molecule has 0 aliphatic heterocycles. The zero-order valence-corrected chi connectivity index (χ0v) is 13.2. The van der Waals surface area contributed by atoms with E-state index in [0.29, 0.717) is 5.41 Å². The number of benzene rings is 2. The maximum atomic E-state index is 4.45. The number of nitrogens with zero attached hydrogens (tertiary/aromatic N) is 2. The molecular weight excluding hydrogens is 282 g/mol. The zero-order chi connectivity index (χ0) is 15.5.